The molecule has 32 heavy (non-hydrogen) atoms. The highest BCUT2D eigenvalue weighted by Crippen LogP contribution is 2.49. The van der Waals surface area contributed by atoms with Crippen LogP contribution in [0.1, 0.15) is 30.5 Å². The molecule has 0 atom stereocenters. The van der Waals surface area contributed by atoms with Crippen LogP contribution in [0.15, 0.2) is 84.9 Å². The highest BCUT2D eigenvalue weighted by atomic mass is 28.3. The number of fused-ring (bicyclic) bond motifs is 3. The molecule has 0 unspecified atom stereocenters. The van der Waals surface area contributed by atoms with Gasteiger partial charge in [0.15, 0.2) is 0 Å². The first kappa shape index (κ1) is 20.8. The van der Waals surface area contributed by atoms with Crippen molar-refractivity contribution in [3.63, 3.8) is 0 Å². The summed E-state index contributed by atoms with van der Waals surface area (Å²) in [7, 11) is -0.740. The van der Waals surface area contributed by atoms with E-state index >= 15 is 0 Å². The van der Waals surface area contributed by atoms with Crippen molar-refractivity contribution < 1.29 is 0 Å². The number of hydrogen-bond donors (Lipinski definition) is 1. The van der Waals surface area contributed by atoms with Crippen LogP contribution < -0.4 is 10.5 Å². The van der Waals surface area contributed by atoms with Crippen LogP contribution in [-0.2, 0) is 5.41 Å². The molecule has 0 saturated carbocycles. The summed E-state index contributed by atoms with van der Waals surface area (Å²) in [6.07, 6.45) is 0. The molecule has 0 aliphatic heterocycles. The molecule has 1 nitrogen and oxygen atoms in total. The van der Waals surface area contributed by atoms with Crippen molar-refractivity contribution in [1.82, 2.24) is 0 Å². The average Bonchev–Trinajstić information content (AvgIpc) is 3.00. The number of aryl methyl sites for hydroxylation is 1. The van der Waals surface area contributed by atoms with Crippen LogP contribution in [0.2, 0.25) is 13.1 Å². The van der Waals surface area contributed by atoms with Crippen molar-refractivity contribution in [2.45, 2.75) is 39.3 Å². The highest BCUT2D eigenvalue weighted by molar-refractivity contribution is 6.70. The van der Waals surface area contributed by atoms with Crippen molar-refractivity contribution in [1.29, 1.82) is 0 Å². The lowest BCUT2D eigenvalue weighted by Crippen LogP contribution is -2.21. The summed E-state index contributed by atoms with van der Waals surface area (Å²) in [5, 5.41) is 5.14. The van der Waals surface area contributed by atoms with Crippen molar-refractivity contribution in [3.8, 4) is 22.3 Å². The minimum absolute atomic E-state index is 0.0171. The zero-order valence-corrected chi connectivity index (χ0v) is 20.8. The summed E-state index contributed by atoms with van der Waals surface area (Å²) in [4.78, 5) is 0. The molecule has 1 aliphatic carbocycles. The molecular weight excluding hydrogens is 402 g/mol. The van der Waals surface area contributed by atoms with E-state index in [1.807, 2.05) is 0 Å². The molecule has 1 aliphatic rings. The van der Waals surface area contributed by atoms with Crippen LogP contribution in [0.5, 0.6) is 0 Å². The average molecular weight is 434 g/mol. The van der Waals surface area contributed by atoms with Gasteiger partial charge in [0.2, 0.25) is 0 Å². The summed E-state index contributed by atoms with van der Waals surface area (Å²) in [5.41, 5.74) is 11.7. The standard InChI is InChI=1S/C30H31NSi/c1-20-6-16-26-27-17-13-24(19-29(27)30(2,3)28(26)18-20)31-23-11-7-21(8-12-23)22-9-14-25(15-10-22)32(4)5/h6-19,31-32H,1-5H3. The first-order valence-corrected chi connectivity index (χ1v) is 14.4. The van der Waals surface area contributed by atoms with Crippen LogP contribution in [0.4, 0.5) is 11.4 Å². The van der Waals surface area contributed by atoms with Gasteiger partial charge in [0.1, 0.15) is 0 Å². The minimum Gasteiger partial charge on any atom is -0.356 e. The number of hydrogen-bond acceptors (Lipinski definition) is 1. The third kappa shape index (κ3) is 3.59. The van der Waals surface area contributed by atoms with Crippen LogP contribution in [0, 0.1) is 6.92 Å². The number of anilines is 2. The molecule has 0 radical (unpaired) electrons. The van der Waals surface area contributed by atoms with Gasteiger partial charge in [-0.2, -0.15) is 0 Å². The fourth-order valence-electron chi connectivity index (χ4n) is 4.90. The summed E-state index contributed by atoms with van der Waals surface area (Å²) >= 11 is 0. The Balaban J connectivity index is 1.39. The molecule has 0 amide bonds. The van der Waals surface area contributed by atoms with Crippen molar-refractivity contribution in [3.05, 3.63) is 102 Å². The van der Waals surface area contributed by atoms with Gasteiger partial charge in [-0.15, -0.1) is 0 Å². The molecule has 4 aromatic rings. The lowest BCUT2D eigenvalue weighted by Gasteiger charge is -2.22. The normalized spacial score (nSPS) is 13.7. The molecule has 0 aromatic heterocycles. The van der Waals surface area contributed by atoms with E-state index in [0.717, 1.165) is 11.4 Å². The molecule has 160 valence electrons. The number of nitrogens with one attached hydrogen (secondary N) is 1. The molecule has 5 rings (SSSR count). The van der Waals surface area contributed by atoms with Crippen LogP contribution in [-0.4, -0.2) is 8.80 Å². The SMILES string of the molecule is Cc1ccc2c(c1)C(C)(C)c1cc(Nc3ccc(-c4ccc([SiH](C)C)cc4)cc3)ccc1-2. The molecule has 0 bridgehead atoms. The maximum Gasteiger partial charge on any atom is 0.0647 e. The van der Waals surface area contributed by atoms with Crippen LogP contribution in [0.25, 0.3) is 22.3 Å². The second-order valence-corrected chi connectivity index (χ2v) is 12.9. The van der Waals surface area contributed by atoms with Gasteiger partial charge in [-0.25, -0.2) is 0 Å². The maximum atomic E-state index is 3.62. The van der Waals surface area contributed by atoms with Crippen molar-refractivity contribution >= 4 is 25.4 Å². The van der Waals surface area contributed by atoms with Gasteiger partial charge in [-0.05, 0) is 64.6 Å². The molecule has 0 fully saturated rings. The van der Waals surface area contributed by atoms with Gasteiger partial charge in [0.25, 0.3) is 0 Å². The summed E-state index contributed by atoms with van der Waals surface area (Å²) in [5.74, 6) is 0. The second kappa shape index (κ2) is 7.79. The van der Waals surface area contributed by atoms with E-state index in [0.29, 0.717) is 0 Å². The summed E-state index contributed by atoms with van der Waals surface area (Å²) in [6, 6.07) is 31.5. The largest absolute Gasteiger partial charge is 0.356 e. The zero-order valence-electron chi connectivity index (χ0n) is 19.7. The molecule has 0 heterocycles. The van der Waals surface area contributed by atoms with E-state index in [9.17, 15) is 0 Å². The van der Waals surface area contributed by atoms with Crippen LogP contribution >= 0.6 is 0 Å². The number of rotatable bonds is 4. The van der Waals surface area contributed by atoms with E-state index in [-0.39, 0.29) is 5.41 Å². The van der Waals surface area contributed by atoms with Gasteiger partial charge in [-0.3, -0.25) is 0 Å². The van der Waals surface area contributed by atoms with Crippen LogP contribution in [0.3, 0.4) is 0 Å². The van der Waals surface area contributed by atoms with E-state index in [2.05, 4.69) is 124 Å². The lowest BCUT2D eigenvalue weighted by atomic mass is 9.82. The Labute approximate surface area is 193 Å². The van der Waals surface area contributed by atoms with E-state index in [1.54, 1.807) is 0 Å². The Hall–Kier alpha value is -3.10. The Kier molecular flexibility index (Phi) is 5.06. The third-order valence-corrected chi connectivity index (χ3v) is 8.63. The Bertz CT molecular complexity index is 1280. The predicted octanol–water partition coefficient (Wildman–Crippen LogP) is 7.41. The highest BCUT2D eigenvalue weighted by Gasteiger charge is 2.35. The molecule has 0 spiro atoms. The van der Waals surface area contributed by atoms with E-state index in [4.69, 9.17) is 0 Å². The van der Waals surface area contributed by atoms with Gasteiger partial charge in [-0.1, -0.05) is 98.4 Å². The van der Waals surface area contributed by atoms with Gasteiger partial charge in [0, 0.05) is 16.8 Å². The quantitative estimate of drug-likeness (QED) is 0.330. The van der Waals surface area contributed by atoms with Gasteiger partial charge >= 0.3 is 0 Å². The molecule has 4 aromatic carbocycles. The first-order valence-electron chi connectivity index (χ1n) is 11.6. The monoisotopic (exact) mass is 433 g/mol. The molecular formula is C30H31NSi. The summed E-state index contributed by atoms with van der Waals surface area (Å²) < 4.78 is 0. The Morgan fingerprint density at radius 2 is 1.16 bits per heavy atom. The van der Waals surface area contributed by atoms with Crippen molar-refractivity contribution in [2.75, 3.05) is 5.32 Å². The smallest absolute Gasteiger partial charge is 0.0647 e. The maximum absolute atomic E-state index is 3.62. The van der Waals surface area contributed by atoms with Crippen molar-refractivity contribution in [2.24, 2.45) is 0 Å². The molecule has 2 heteroatoms. The Morgan fingerprint density at radius 1 is 0.625 bits per heavy atom. The lowest BCUT2D eigenvalue weighted by molar-refractivity contribution is 0.660. The fraction of sp³-hybridized carbons (Fsp3) is 0.200. The predicted molar refractivity (Wildman–Crippen MR) is 142 cm³/mol. The zero-order chi connectivity index (χ0) is 22.5. The Morgan fingerprint density at radius 3 is 1.78 bits per heavy atom. The van der Waals surface area contributed by atoms with E-state index in [1.165, 1.54) is 44.1 Å². The minimum atomic E-state index is -0.740. The second-order valence-electron chi connectivity index (χ2n) is 9.91. The van der Waals surface area contributed by atoms with Gasteiger partial charge < -0.3 is 5.32 Å². The molecule has 0 saturated heterocycles. The topological polar surface area (TPSA) is 12.0 Å². The third-order valence-electron chi connectivity index (χ3n) is 6.92. The van der Waals surface area contributed by atoms with Gasteiger partial charge in [0.05, 0.1) is 8.80 Å². The summed E-state index contributed by atoms with van der Waals surface area (Å²) in [6.45, 7) is 11.6. The van der Waals surface area contributed by atoms with E-state index < -0.39 is 8.80 Å². The first-order chi connectivity index (χ1) is 15.3. The fourth-order valence-corrected chi connectivity index (χ4v) is 5.86. The number of benzene rings is 4. The molecule has 1 N–H and O–H groups in total.